The van der Waals surface area contributed by atoms with E-state index in [1.54, 1.807) is 0 Å². The zero-order chi connectivity index (χ0) is 11.0. The third kappa shape index (κ3) is 7.29. The molecule has 0 saturated carbocycles. The van der Waals surface area contributed by atoms with Crippen LogP contribution in [0.1, 0.15) is 13.3 Å². The number of sulfone groups is 1. The highest BCUT2D eigenvalue weighted by molar-refractivity contribution is 7.91. The van der Waals surface area contributed by atoms with Crippen LogP contribution in [0.25, 0.3) is 0 Å². The highest BCUT2D eigenvalue weighted by atomic mass is 32.2. The Morgan fingerprint density at radius 2 is 1.86 bits per heavy atom. The SMILES string of the molecule is CCCS(=O)(=O)CCN(C)CCNC. The average molecular weight is 222 g/mol. The van der Waals surface area contributed by atoms with Crippen LogP contribution in [0.2, 0.25) is 0 Å². The molecule has 5 heteroatoms. The van der Waals surface area contributed by atoms with E-state index in [2.05, 4.69) is 5.32 Å². The van der Waals surface area contributed by atoms with E-state index < -0.39 is 9.84 Å². The molecule has 86 valence electrons. The van der Waals surface area contributed by atoms with E-state index in [4.69, 9.17) is 0 Å². The van der Waals surface area contributed by atoms with Crippen molar-refractivity contribution in [1.82, 2.24) is 10.2 Å². The molecule has 0 fully saturated rings. The molecule has 0 aromatic rings. The van der Waals surface area contributed by atoms with Gasteiger partial charge in [0.25, 0.3) is 0 Å². The molecule has 0 aliphatic rings. The average Bonchev–Trinajstić information content (AvgIpc) is 2.11. The summed E-state index contributed by atoms with van der Waals surface area (Å²) in [4.78, 5) is 2.03. The third-order valence-electron chi connectivity index (χ3n) is 2.04. The zero-order valence-electron chi connectivity index (χ0n) is 9.41. The maximum Gasteiger partial charge on any atom is 0.151 e. The Kier molecular flexibility index (Phi) is 7.13. The fraction of sp³-hybridized carbons (Fsp3) is 1.00. The molecule has 0 heterocycles. The lowest BCUT2D eigenvalue weighted by Crippen LogP contribution is -2.31. The summed E-state index contributed by atoms with van der Waals surface area (Å²) < 4.78 is 22.7. The highest BCUT2D eigenvalue weighted by Crippen LogP contribution is 1.94. The first kappa shape index (κ1) is 13.9. The molecule has 0 rings (SSSR count). The highest BCUT2D eigenvalue weighted by Gasteiger charge is 2.10. The van der Waals surface area contributed by atoms with Crippen LogP contribution in [0, 0.1) is 0 Å². The van der Waals surface area contributed by atoms with Crippen molar-refractivity contribution in [3.63, 3.8) is 0 Å². The van der Waals surface area contributed by atoms with E-state index in [1.165, 1.54) is 0 Å². The van der Waals surface area contributed by atoms with Gasteiger partial charge in [0.15, 0.2) is 9.84 Å². The van der Waals surface area contributed by atoms with Crippen molar-refractivity contribution >= 4 is 9.84 Å². The van der Waals surface area contributed by atoms with Crippen molar-refractivity contribution in [3.05, 3.63) is 0 Å². The van der Waals surface area contributed by atoms with Crippen LogP contribution in [-0.4, -0.2) is 58.6 Å². The van der Waals surface area contributed by atoms with Gasteiger partial charge in [-0.25, -0.2) is 8.42 Å². The Labute approximate surface area is 87.6 Å². The van der Waals surface area contributed by atoms with Crippen molar-refractivity contribution < 1.29 is 8.42 Å². The Bertz CT molecular complexity index is 227. The van der Waals surface area contributed by atoms with Gasteiger partial charge in [-0.15, -0.1) is 0 Å². The van der Waals surface area contributed by atoms with Crippen LogP contribution in [0.3, 0.4) is 0 Å². The lowest BCUT2D eigenvalue weighted by atomic mass is 10.5. The summed E-state index contributed by atoms with van der Waals surface area (Å²) >= 11 is 0. The van der Waals surface area contributed by atoms with Crippen molar-refractivity contribution in [1.29, 1.82) is 0 Å². The van der Waals surface area contributed by atoms with E-state index >= 15 is 0 Å². The number of hydrogen-bond donors (Lipinski definition) is 1. The summed E-state index contributed by atoms with van der Waals surface area (Å²) in [5.74, 6) is 0.591. The van der Waals surface area contributed by atoms with Gasteiger partial charge < -0.3 is 10.2 Å². The molecule has 0 radical (unpaired) electrons. The number of rotatable bonds is 8. The Balaban J connectivity index is 3.70. The number of hydrogen-bond acceptors (Lipinski definition) is 4. The molecule has 14 heavy (non-hydrogen) atoms. The van der Waals surface area contributed by atoms with Crippen LogP contribution < -0.4 is 5.32 Å². The minimum Gasteiger partial charge on any atom is -0.318 e. The van der Waals surface area contributed by atoms with Crippen LogP contribution in [0.5, 0.6) is 0 Å². The molecule has 0 amide bonds. The first-order chi connectivity index (χ1) is 6.52. The van der Waals surface area contributed by atoms with Crippen LogP contribution >= 0.6 is 0 Å². The molecule has 0 atom stereocenters. The van der Waals surface area contributed by atoms with E-state index in [0.717, 1.165) is 13.1 Å². The lowest BCUT2D eigenvalue weighted by Gasteiger charge is -2.15. The summed E-state index contributed by atoms with van der Waals surface area (Å²) in [6, 6.07) is 0. The minimum absolute atomic E-state index is 0.279. The fourth-order valence-electron chi connectivity index (χ4n) is 1.12. The van der Waals surface area contributed by atoms with Crippen LogP contribution in [-0.2, 0) is 9.84 Å². The predicted octanol–water partition coefficient (Wildman–Crippen LogP) is -0.0376. The Morgan fingerprint density at radius 1 is 1.21 bits per heavy atom. The summed E-state index contributed by atoms with van der Waals surface area (Å²) in [5.41, 5.74) is 0. The fourth-order valence-corrected chi connectivity index (χ4v) is 2.54. The molecular weight excluding hydrogens is 200 g/mol. The van der Waals surface area contributed by atoms with Crippen LogP contribution in [0.15, 0.2) is 0 Å². The second kappa shape index (κ2) is 7.20. The predicted molar refractivity (Wildman–Crippen MR) is 60.4 cm³/mol. The normalized spacial score (nSPS) is 12.3. The molecule has 0 aromatic heterocycles. The molecule has 0 aromatic carbocycles. The molecule has 0 bridgehead atoms. The molecule has 0 saturated heterocycles. The maximum absolute atomic E-state index is 11.4. The van der Waals surface area contributed by atoms with Gasteiger partial charge in [-0.3, -0.25) is 0 Å². The summed E-state index contributed by atoms with van der Waals surface area (Å²) in [7, 11) is 1.02. The van der Waals surface area contributed by atoms with E-state index in [-0.39, 0.29) is 5.75 Å². The molecule has 1 N–H and O–H groups in total. The summed E-state index contributed by atoms with van der Waals surface area (Å²) in [6.45, 7) is 4.30. The van der Waals surface area contributed by atoms with Crippen LogP contribution in [0.4, 0.5) is 0 Å². The Hall–Kier alpha value is -0.130. The first-order valence-corrected chi connectivity index (χ1v) is 6.87. The summed E-state index contributed by atoms with van der Waals surface area (Å²) in [5, 5.41) is 3.03. The van der Waals surface area contributed by atoms with Gasteiger partial charge in [0.2, 0.25) is 0 Å². The number of nitrogens with zero attached hydrogens (tertiary/aromatic N) is 1. The second-order valence-corrected chi connectivity index (χ2v) is 5.86. The van der Waals surface area contributed by atoms with Crippen molar-refractivity contribution in [2.24, 2.45) is 0 Å². The van der Waals surface area contributed by atoms with Gasteiger partial charge in [0.1, 0.15) is 0 Å². The topological polar surface area (TPSA) is 49.4 Å². The molecule has 0 unspecified atom stereocenters. The van der Waals surface area contributed by atoms with Gasteiger partial charge in [-0.05, 0) is 20.5 Å². The smallest absolute Gasteiger partial charge is 0.151 e. The largest absolute Gasteiger partial charge is 0.318 e. The van der Waals surface area contributed by atoms with Gasteiger partial charge in [-0.2, -0.15) is 0 Å². The molecule has 0 aliphatic carbocycles. The minimum atomic E-state index is -2.81. The van der Waals surface area contributed by atoms with Gasteiger partial charge >= 0.3 is 0 Å². The Morgan fingerprint density at radius 3 is 2.36 bits per heavy atom. The monoisotopic (exact) mass is 222 g/mol. The number of nitrogens with one attached hydrogen (secondary N) is 1. The first-order valence-electron chi connectivity index (χ1n) is 5.05. The van der Waals surface area contributed by atoms with Crippen molar-refractivity contribution in [3.8, 4) is 0 Å². The van der Waals surface area contributed by atoms with E-state index in [9.17, 15) is 8.42 Å². The molecule has 0 aliphatic heterocycles. The van der Waals surface area contributed by atoms with E-state index in [0.29, 0.717) is 18.7 Å². The van der Waals surface area contributed by atoms with Gasteiger partial charge in [-0.1, -0.05) is 6.92 Å². The van der Waals surface area contributed by atoms with Gasteiger partial charge in [0, 0.05) is 25.4 Å². The quantitative estimate of drug-likeness (QED) is 0.626. The third-order valence-corrected chi connectivity index (χ3v) is 3.88. The maximum atomic E-state index is 11.4. The lowest BCUT2D eigenvalue weighted by molar-refractivity contribution is 0.354. The molecule has 4 nitrogen and oxygen atoms in total. The van der Waals surface area contributed by atoms with Crippen molar-refractivity contribution in [2.45, 2.75) is 13.3 Å². The van der Waals surface area contributed by atoms with E-state index in [1.807, 2.05) is 25.9 Å². The summed E-state index contributed by atoms with van der Waals surface area (Å²) in [6.07, 6.45) is 0.711. The van der Waals surface area contributed by atoms with Gasteiger partial charge in [0.05, 0.1) is 5.75 Å². The zero-order valence-corrected chi connectivity index (χ0v) is 10.2. The van der Waals surface area contributed by atoms with Crippen molar-refractivity contribution in [2.75, 3.05) is 45.2 Å². The second-order valence-electron chi connectivity index (χ2n) is 3.56. The standard InChI is InChI=1S/C9H22N2O2S/c1-4-8-14(12,13)9-7-11(3)6-5-10-2/h10H,4-9H2,1-3H3. The number of likely N-dealkylation sites (N-methyl/N-ethyl adjacent to an activating group) is 2. The molecule has 0 spiro atoms. The molecular formula is C9H22N2O2S.